The van der Waals surface area contributed by atoms with Gasteiger partial charge in [-0.2, -0.15) is 0 Å². The van der Waals surface area contributed by atoms with Gasteiger partial charge in [-0.3, -0.25) is 20.2 Å². The van der Waals surface area contributed by atoms with Crippen LogP contribution in [0.5, 0.6) is 0 Å². The average molecular weight is 419 g/mol. The highest BCUT2D eigenvalue weighted by Gasteiger charge is 2.44. The van der Waals surface area contributed by atoms with E-state index in [1.807, 2.05) is 0 Å². The van der Waals surface area contributed by atoms with E-state index in [1.165, 1.54) is 34.7 Å². The predicted octanol–water partition coefficient (Wildman–Crippen LogP) is 1.97. The quantitative estimate of drug-likeness (QED) is 0.625. The van der Waals surface area contributed by atoms with E-state index in [9.17, 15) is 14.4 Å². The first-order valence-corrected chi connectivity index (χ1v) is 12.1. The van der Waals surface area contributed by atoms with E-state index in [-0.39, 0.29) is 22.1 Å². The second kappa shape index (κ2) is 9.11. The second-order valence-electron chi connectivity index (χ2n) is 7.81. The van der Waals surface area contributed by atoms with Crippen molar-refractivity contribution in [1.29, 1.82) is 0 Å². The van der Waals surface area contributed by atoms with Crippen LogP contribution in [0.2, 0.25) is 0 Å². The summed E-state index contributed by atoms with van der Waals surface area (Å²) >= 11 is 2.99. The van der Waals surface area contributed by atoms with E-state index >= 15 is 0 Å². The number of benzene rings is 1. The van der Waals surface area contributed by atoms with Gasteiger partial charge in [0.25, 0.3) is 0 Å². The van der Waals surface area contributed by atoms with Crippen molar-refractivity contribution in [2.24, 2.45) is 5.92 Å². The summed E-state index contributed by atoms with van der Waals surface area (Å²) in [5.41, 5.74) is 2.90. The van der Waals surface area contributed by atoms with Gasteiger partial charge in [-0.25, -0.2) is 0 Å². The van der Waals surface area contributed by atoms with Crippen LogP contribution >= 0.6 is 23.5 Å². The average Bonchev–Trinajstić information content (AvgIpc) is 3.45. The number of hydrogen-bond acceptors (Lipinski definition) is 7. The van der Waals surface area contributed by atoms with Gasteiger partial charge in [0, 0.05) is 18.2 Å². The van der Waals surface area contributed by atoms with E-state index in [2.05, 4.69) is 34.9 Å². The topological polar surface area (TPSA) is 75.3 Å². The van der Waals surface area contributed by atoms with Gasteiger partial charge in [-0.05, 0) is 42.7 Å². The molecule has 1 aromatic carbocycles. The van der Waals surface area contributed by atoms with Gasteiger partial charge < -0.3 is 4.79 Å². The minimum Gasteiger partial charge on any atom is -0.302 e. The minimum atomic E-state index is -0.465. The third-order valence-corrected chi connectivity index (χ3v) is 8.44. The largest absolute Gasteiger partial charge is 0.302 e. The number of carbonyl (C=O) groups is 3. The summed E-state index contributed by atoms with van der Waals surface area (Å²) in [6.07, 6.45) is 5.50. The van der Waals surface area contributed by atoms with Crippen molar-refractivity contribution in [3.63, 3.8) is 0 Å². The predicted molar refractivity (Wildman–Crippen MR) is 114 cm³/mol. The molecule has 0 radical (unpaired) electrons. The summed E-state index contributed by atoms with van der Waals surface area (Å²) in [4.78, 5) is 36.9. The van der Waals surface area contributed by atoms with Crippen molar-refractivity contribution in [2.45, 2.75) is 54.7 Å². The van der Waals surface area contributed by atoms with Crippen molar-refractivity contribution in [3.8, 4) is 0 Å². The highest BCUT2D eigenvalue weighted by Crippen LogP contribution is 2.32. The Balaban J connectivity index is 1.27. The Morgan fingerprint density at radius 3 is 2.43 bits per heavy atom. The van der Waals surface area contributed by atoms with Crippen molar-refractivity contribution in [3.05, 3.63) is 35.4 Å². The molecule has 1 aromatic rings. The van der Waals surface area contributed by atoms with E-state index in [0.29, 0.717) is 24.1 Å². The first-order chi connectivity index (χ1) is 13.7. The fraction of sp³-hybridized carbons (Fsp3) is 0.571. The normalized spacial score (nSPS) is 29.7. The molecule has 2 aliphatic heterocycles. The summed E-state index contributed by atoms with van der Waals surface area (Å²) in [6.45, 7) is 0. The van der Waals surface area contributed by atoms with E-state index < -0.39 is 12.1 Å². The molecule has 2 N–H and O–H groups in total. The van der Waals surface area contributed by atoms with Gasteiger partial charge in [0.2, 0.25) is 0 Å². The molecule has 0 amide bonds. The van der Waals surface area contributed by atoms with Crippen LogP contribution in [-0.4, -0.2) is 52.2 Å². The lowest BCUT2D eigenvalue weighted by atomic mass is 9.94. The molecule has 5 nitrogen and oxygen atoms in total. The number of hydrogen-bond donors (Lipinski definition) is 2. The monoisotopic (exact) mass is 418 g/mol. The number of fused-ring (bicyclic) bond motifs is 1. The number of ketones is 2. The molecular weight excluding hydrogens is 392 g/mol. The second-order valence-corrected chi connectivity index (χ2v) is 10.1. The molecule has 3 aliphatic rings. The van der Waals surface area contributed by atoms with Crippen LogP contribution in [0.25, 0.3) is 0 Å². The first-order valence-electron chi connectivity index (χ1n) is 9.96. The fourth-order valence-electron chi connectivity index (χ4n) is 4.52. The maximum atomic E-state index is 12.9. The lowest BCUT2D eigenvalue weighted by Crippen LogP contribution is -2.49. The van der Waals surface area contributed by atoms with E-state index in [0.717, 1.165) is 32.0 Å². The summed E-state index contributed by atoms with van der Waals surface area (Å²) in [7, 11) is 0. The Morgan fingerprint density at radius 1 is 1.04 bits per heavy atom. The van der Waals surface area contributed by atoms with Gasteiger partial charge in [0.15, 0.2) is 5.78 Å². The van der Waals surface area contributed by atoms with Gasteiger partial charge in [0.1, 0.15) is 12.1 Å². The van der Waals surface area contributed by atoms with Gasteiger partial charge in [-0.1, -0.05) is 24.3 Å². The van der Waals surface area contributed by atoms with Crippen molar-refractivity contribution in [2.75, 3.05) is 11.8 Å². The molecule has 7 heteroatoms. The molecular formula is C21H26N2O3S2. The number of thioether (sulfide) groups is 2. The maximum Gasteiger partial charge on any atom is 0.166 e. The maximum absolute atomic E-state index is 12.9. The number of nitrogens with one attached hydrogen (secondary N) is 2. The Bertz CT molecular complexity index is 732. The molecule has 0 aromatic heterocycles. The molecule has 2 fully saturated rings. The summed E-state index contributed by atoms with van der Waals surface area (Å²) in [5, 5.41) is 5.51. The molecule has 28 heavy (non-hydrogen) atoms. The SMILES string of the molecule is O=C[C@H]1NCSC1C(=O)[C@H]1NCSC1C(=O)CCCC1Cc2ccccc2C1. The van der Waals surface area contributed by atoms with Crippen LogP contribution in [0.4, 0.5) is 0 Å². The van der Waals surface area contributed by atoms with Crippen LogP contribution < -0.4 is 10.6 Å². The van der Waals surface area contributed by atoms with Crippen molar-refractivity contribution < 1.29 is 14.4 Å². The van der Waals surface area contributed by atoms with Crippen LogP contribution in [0.1, 0.15) is 30.4 Å². The van der Waals surface area contributed by atoms with Crippen LogP contribution in [0.15, 0.2) is 24.3 Å². The summed E-state index contributed by atoms with van der Waals surface area (Å²) in [5.74, 6) is 2.00. The molecule has 1 aliphatic carbocycles. The Labute approximate surface area is 174 Å². The standard InChI is InChI=1S/C21H26N2O3S2/c24-10-16-20(27-11-22-16)19(26)18-21(28-12-23-18)17(25)7-3-4-13-8-14-5-1-2-6-15(14)9-13/h1-2,5-6,10,13,16,18,20-23H,3-4,7-9,11-12H2/t16-,18-,20?,21?/m1/s1. The van der Waals surface area contributed by atoms with Crippen LogP contribution in [0.3, 0.4) is 0 Å². The minimum absolute atomic E-state index is 0.0123. The first kappa shape index (κ1) is 20.1. The van der Waals surface area contributed by atoms with E-state index in [4.69, 9.17) is 0 Å². The molecule has 2 saturated heterocycles. The molecule has 2 unspecified atom stereocenters. The van der Waals surface area contributed by atoms with Crippen LogP contribution in [-0.2, 0) is 27.2 Å². The Hall–Kier alpha value is -1.15. The van der Waals surface area contributed by atoms with Gasteiger partial charge >= 0.3 is 0 Å². The van der Waals surface area contributed by atoms with Crippen LogP contribution in [0, 0.1) is 5.92 Å². The summed E-state index contributed by atoms with van der Waals surface area (Å²) in [6, 6.07) is 7.71. The third kappa shape index (κ3) is 4.22. The van der Waals surface area contributed by atoms with Crippen molar-refractivity contribution in [1.82, 2.24) is 10.6 Å². The van der Waals surface area contributed by atoms with Crippen molar-refractivity contribution >= 4 is 41.4 Å². The summed E-state index contributed by atoms with van der Waals surface area (Å²) < 4.78 is 0. The zero-order valence-corrected chi connectivity index (χ0v) is 17.4. The third-order valence-electron chi connectivity index (χ3n) is 6.00. The number of aldehydes is 1. The molecule has 2 heterocycles. The molecule has 0 spiro atoms. The number of carbonyl (C=O) groups excluding carboxylic acids is 3. The number of rotatable bonds is 8. The van der Waals surface area contributed by atoms with Gasteiger partial charge in [0.05, 0.1) is 22.6 Å². The molecule has 0 bridgehead atoms. The molecule has 4 atom stereocenters. The molecule has 150 valence electrons. The zero-order valence-electron chi connectivity index (χ0n) is 15.8. The molecule has 4 rings (SSSR count). The highest BCUT2D eigenvalue weighted by atomic mass is 32.2. The Morgan fingerprint density at radius 2 is 1.71 bits per heavy atom. The lowest BCUT2D eigenvalue weighted by molar-refractivity contribution is -0.125. The fourth-order valence-corrected chi connectivity index (χ4v) is 6.85. The smallest absolute Gasteiger partial charge is 0.166 e. The highest BCUT2D eigenvalue weighted by molar-refractivity contribution is 8.01. The van der Waals surface area contributed by atoms with E-state index in [1.54, 1.807) is 0 Å². The zero-order chi connectivity index (χ0) is 19.5. The number of Topliss-reactive ketones (excluding diaryl/α,β-unsaturated/α-hetero) is 2. The lowest BCUT2D eigenvalue weighted by Gasteiger charge is -2.21. The molecule has 0 saturated carbocycles. The Kier molecular flexibility index (Phi) is 6.55. The van der Waals surface area contributed by atoms with Gasteiger partial charge in [-0.15, -0.1) is 23.5 Å².